The molecule has 188 valence electrons. The molecule has 2 aromatic carbocycles. The summed E-state index contributed by atoms with van der Waals surface area (Å²) in [4.78, 5) is 23.3. The van der Waals surface area contributed by atoms with Gasteiger partial charge in [-0.3, -0.25) is 10.0 Å². The van der Waals surface area contributed by atoms with Crippen LogP contribution in [-0.4, -0.2) is 32.6 Å². The number of anilines is 1. The lowest BCUT2D eigenvalue weighted by atomic mass is 10.1. The number of benzene rings is 2. The molecule has 1 atom stereocenters. The second kappa shape index (κ2) is 12.8. The molecule has 36 heavy (non-hydrogen) atoms. The minimum absolute atomic E-state index is 0.127. The largest absolute Gasteiger partial charge is 0.363 e. The van der Waals surface area contributed by atoms with Gasteiger partial charge in [-0.25, -0.2) is 15.4 Å². The zero-order valence-corrected chi connectivity index (χ0v) is 20.6. The molecule has 0 saturated carbocycles. The molecule has 0 radical (unpaired) electrons. The maximum atomic E-state index is 11.0. The molecule has 2 aromatic heterocycles. The molecule has 0 spiro atoms. The highest BCUT2D eigenvalue weighted by molar-refractivity contribution is 5.91. The third-order valence-electron chi connectivity index (χ3n) is 6.30. The number of hydrogen-bond donors (Lipinski definition) is 5. The Kier molecular flexibility index (Phi) is 9.02. The molecule has 0 bridgehead atoms. The van der Waals surface area contributed by atoms with Gasteiger partial charge in [0.15, 0.2) is 0 Å². The number of aromatic nitrogens is 3. The fourth-order valence-corrected chi connectivity index (χ4v) is 4.22. The van der Waals surface area contributed by atoms with E-state index < -0.39 is 0 Å². The molecule has 1 unspecified atom stereocenters. The van der Waals surface area contributed by atoms with E-state index in [1.165, 1.54) is 11.1 Å². The van der Waals surface area contributed by atoms with Crippen molar-refractivity contribution in [3.05, 3.63) is 78.1 Å². The van der Waals surface area contributed by atoms with Crippen LogP contribution in [0.2, 0.25) is 0 Å². The van der Waals surface area contributed by atoms with Crippen molar-refractivity contribution in [2.24, 2.45) is 0 Å². The lowest BCUT2D eigenvalue weighted by molar-refractivity contribution is -0.129. The number of carbonyl (C=O) groups is 1. The van der Waals surface area contributed by atoms with Crippen LogP contribution in [-0.2, 0) is 11.3 Å². The first-order chi connectivity index (χ1) is 17.6. The van der Waals surface area contributed by atoms with Crippen LogP contribution >= 0.6 is 0 Å². The van der Waals surface area contributed by atoms with Crippen LogP contribution in [0.4, 0.5) is 5.82 Å². The summed E-state index contributed by atoms with van der Waals surface area (Å²) in [6, 6.07) is 21.1. The molecule has 4 rings (SSSR count). The standard InChI is InChI=1S/C28H34N6O2/c1-20(22-9-5-4-6-10-22)32-27-24-17-25(33-28(24)31-19-30-27)23-14-12-21(13-15-23)18-29-16-8-3-2-7-11-26(35)34-36/h4-6,9-10,12-15,17,19-20,29,36H,2-3,7-8,11,16,18H2,1H3,(H,34,35)(H2,30,31,32,33). The molecule has 2 heterocycles. The predicted molar refractivity (Wildman–Crippen MR) is 143 cm³/mol. The Morgan fingerprint density at radius 3 is 2.56 bits per heavy atom. The van der Waals surface area contributed by atoms with Crippen LogP contribution in [0.1, 0.15) is 56.2 Å². The fourth-order valence-electron chi connectivity index (χ4n) is 4.22. The number of unbranched alkanes of at least 4 members (excludes halogenated alkanes) is 3. The second-order valence-corrected chi connectivity index (χ2v) is 9.02. The maximum Gasteiger partial charge on any atom is 0.243 e. The molecule has 4 aromatic rings. The van der Waals surface area contributed by atoms with Crippen LogP contribution in [0.5, 0.6) is 0 Å². The van der Waals surface area contributed by atoms with Gasteiger partial charge in [0.25, 0.3) is 0 Å². The topological polar surface area (TPSA) is 115 Å². The van der Waals surface area contributed by atoms with Crippen molar-refractivity contribution in [3.63, 3.8) is 0 Å². The van der Waals surface area contributed by atoms with Crippen molar-refractivity contribution in [1.29, 1.82) is 0 Å². The normalized spacial score (nSPS) is 11.9. The van der Waals surface area contributed by atoms with Gasteiger partial charge in [-0.05, 0) is 49.1 Å². The van der Waals surface area contributed by atoms with E-state index in [4.69, 9.17) is 5.21 Å². The van der Waals surface area contributed by atoms with Crippen LogP contribution in [0.3, 0.4) is 0 Å². The minimum atomic E-state index is -0.313. The average Bonchev–Trinajstić information content (AvgIpc) is 3.36. The molecule has 0 fully saturated rings. The van der Waals surface area contributed by atoms with Crippen molar-refractivity contribution in [2.45, 2.75) is 51.6 Å². The number of amides is 1. The lowest BCUT2D eigenvalue weighted by Crippen LogP contribution is -2.17. The van der Waals surface area contributed by atoms with Gasteiger partial charge in [0, 0.05) is 24.7 Å². The Bertz CT molecular complexity index is 1240. The molecule has 8 nitrogen and oxygen atoms in total. The van der Waals surface area contributed by atoms with E-state index in [1.807, 2.05) is 18.2 Å². The van der Waals surface area contributed by atoms with Crippen molar-refractivity contribution in [1.82, 2.24) is 25.7 Å². The van der Waals surface area contributed by atoms with Crippen LogP contribution in [0, 0.1) is 0 Å². The van der Waals surface area contributed by atoms with Gasteiger partial charge in [0.05, 0.1) is 5.39 Å². The monoisotopic (exact) mass is 486 g/mol. The Labute approximate surface area is 211 Å². The smallest absolute Gasteiger partial charge is 0.243 e. The van der Waals surface area contributed by atoms with E-state index in [-0.39, 0.29) is 11.9 Å². The summed E-state index contributed by atoms with van der Waals surface area (Å²) in [6.07, 6.45) is 5.88. The summed E-state index contributed by atoms with van der Waals surface area (Å²) >= 11 is 0. The highest BCUT2D eigenvalue weighted by atomic mass is 16.5. The van der Waals surface area contributed by atoms with Gasteiger partial charge in [0.1, 0.15) is 17.8 Å². The van der Waals surface area contributed by atoms with Crippen molar-refractivity contribution >= 4 is 22.8 Å². The predicted octanol–water partition coefficient (Wildman–Crippen LogP) is 5.34. The van der Waals surface area contributed by atoms with Gasteiger partial charge < -0.3 is 15.6 Å². The highest BCUT2D eigenvalue weighted by Crippen LogP contribution is 2.29. The minimum Gasteiger partial charge on any atom is -0.363 e. The molecule has 1 amide bonds. The van der Waals surface area contributed by atoms with Gasteiger partial charge in [-0.2, -0.15) is 0 Å². The van der Waals surface area contributed by atoms with Gasteiger partial charge >= 0.3 is 0 Å². The second-order valence-electron chi connectivity index (χ2n) is 9.02. The van der Waals surface area contributed by atoms with E-state index in [2.05, 4.69) is 75.0 Å². The Morgan fingerprint density at radius 1 is 1.00 bits per heavy atom. The summed E-state index contributed by atoms with van der Waals surface area (Å²) in [5, 5.41) is 16.5. The van der Waals surface area contributed by atoms with Gasteiger partial charge in [-0.1, -0.05) is 67.4 Å². The number of carbonyl (C=O) groups excluding carboxylic acids is 1. The van der Waals surface area contributed by atoms with Crippen molar-refractivity contribution in [3.8, 4) is 11.3 Å². The SMILES string of the molecule is CC(Nc1ncnc2[nH]c(-c3ccc(CNCCCCCCC(=O)NO)cc3)cc12)c1ccccc1. The summed E-state index contributed by atoms with van der Waals surface area (Å²) in [5.41, 5.74) is 7.03. The Balaban J connectivity index is 1.29. The third-order valence-corrected chi connectivity index (χ3v) is 6.30. The molecule has 0 aliphatic rings. The lowest BCUT2D eigenvalue weighted by Gasteiger charge is -2.15. The molecular formula is C28H34N6O2. The van der Waals surface area contributed by atoms with Crippen LogP contribution in [0.15, 0.2) is 67.0 Å². The van der Waals surface area contributed by atoms with Crippen molar-refractivity contribution in [2.75, 3.05) is 11.9 Å². The van der Waals surface area contributed by atoms with E-state index in [0.717, 1.165) is 66.9 Å². The molecule has 8 heteroatoms. The van der Waals surface area contributed by atoms with Crippen LogP contribution < -0.4 is 16.1 Å². The fraction of sp³-hybridized carbons (Fsp3) is 0.321. The summed E-state index contributed by atoms with van der Waals surface area (Å²) in [7, 11) is 0. The van der Waals surface area contributed by atoms with Gasteiger partial charge in [-0.15, -0.1) is 0 Å². The first kappa shape index (κ1) is 25.3. The van der Waals surface area contributed by atoms with Crippen molar-refractivity contribution < 1.29 is 10.0 Å². The van der Waals surface area contributed by atoms with E-state index in [9.17, 15) is 4.79 Å². The first-order valence-corrected chi connectivity index (χ1v) is 12.5. The molecular weight excluding hydrogens is 452 g/mol. The van der Waals surface area contributed by atoms with E-state index >= 15 is 0 Å². The van der Waals surface area contributed by atoms with Crippen LogP contribution in [0.25, 0.3) is 22.3 Å². The molecule has 5 N–H and O–H groups in total. The highest BCUT2D eigenvalue weighted by Gasteiger charge is 2.12. The third kappa shape index (κ3) is 6.90. The maximum absolute atomic E-state index is 11.0. The Morgan fingerprint density at radius 2 is 1.78 bits per heavy atom. The number of aromatic amines is 1. The summed E-state index contributed by atoms with van der Waals surface area (Å²) in [5.74, 6) is 0.503. The number of rotatable bonds is 13. The average molecular weight is 487 g/mol. The summed E-state index contributed by atoms with van der Waals surface area (Å²) in [6.45, 7) is 3.88. The molecule has 0 aliphatic carbocycles. The van der Waals surface area contributed by atoms with Gasteiger partial charge in [0.2, 0.25) is 5.91 Å². The number of nitrogens with zero attached hydrogens (tertiary/aromatic N) is 2. The molecule has 0 aliphatic heterocycles. The number of H-pyrrole nitrogens is 1. The number of hydroxylamine groups is 1. The quantitative estimate of drug-likeness (QED) is 0.0989. The number of hydrogen-bond acceptors (Lipinski definition) is 6. The molecule has 0 saturated heterocycles. The van der Waals surface area contributed by atoms with E-state index in [1.54, 1.807) is 11.8 Å². The van der Waals surface area contributed by atoms with E-state index in [0.29, 0.717) is 6.42 Å². The zero-order chi connectivity index (χ0) is 25.2. The number of nitrogens with one attached hydrogen (secondary N) is 4. The zero-order valence-electron chi connectivity index (χ0n) is 20.6. The first-order valence-electron chi connectivity index (χ1n) is 12.5. The Hall–Kier alpha value is -3.75. The summed E-state index contributed by atoms with van der Waals surface area (Å²) < 4.78 is 0. The number of fused-ring (bicyclic) bond motifs is 1.